The summed E-state index contributed by atoms with van der Waals surface area (Å²) in [5, 5.41) is 13.7. The molecule has 0 atom stereocenters. The van der Waals surface area contributed by atoms with Gasteiger partial charge in [-0.2, -0.15) is 5.10 Å². The van der Waals surface area contributed by atoms with Gasteiger partial charge < -0.3 is 5.11 Å². The highest BCUT2D eigenvalue weighted by Crippen LogP contribution is 2.48. The zero-order valence-electron chi connectivity index (χ0n) is 11.1. The average molecular weight is 268 g/mol. The van der Waals surface area contributed by atoms with E-state index >= 15 is 0 Å². The first-order valence-corrected chi connectivity index (χ1v) is 7.09. The summed E-state index contributed by atoms with van der Waals surface area (Å²) in [5.41, 5.74) is 2.56. The van der Waals surface area contributed by atoms with Crippen LogP contribution in [0.4, 0.5) is 0 Å². The van der Waals surface area contributed by atoms with Gasteiger partial charge in [0.25, 0.3) is 0 Å². The van der Waals surface area contributed by atoms with Crippen LogP contribution >= 0.6 is 0 Å². The predicted octanol–water partition coefficient (Wildman–Crippen LogP) is 2.87. The average Bonchev–Trinajstić information content (AvgIpc) is 3.37. The molecule has 4 rings (SSSR count). The molecule has 2 saturated carbocycles. The van der Waals surface area contributed by atoms with Crippen molar-refractivity contribution in [2.75, 3.05) is 0 Å². The van der Waals surface area contributed by atoms with Gasteiger partial charge in [0.15, 0.2) is 0 Å². The molecule has 20 heavy (non-hydrogen) atoms. The molecule has 1 heterocycles. The lowest BCUT2D eigenvalue weighted by atomic mass is 9.96. The van der Waals surface area contributed by atoms with Gasteiger partial charge in [0, 0.05) is 17.8 Å². The third kappa shape index (κ3) is 1.68. The van der Waals surface area contributed by atoms with Crippen molar-refractivity contribution in [1.82, 2.24) is 9.78 Å². The number of nitrogens with zero attached hydrogens (tertiary/aromatic N) is 2. The lowest BCUT2D eigenvalue weighted by Crippen LogP contribution is -2.19. The van der Waals surface area contributed by atoms with Crippen LogP contribution in [-0.2, 0) is 10.2 Å². The number of carboxylic acid groups (broad SMARTS) is 1. The predicted molar refractivity (Wildman–Crippen MR) is 74.1 cm³/mol. The fourth-order valence-corrected chi connectivity index (χ4v) is 2.89. The smallest absolute Gasteiger partial charge is 0.314 e. The Hall–Kier alpha value is -2.10. The van der Waals surface area contributed by atoms with Crippen LogP contribution in [0.15, 0.2) is 36.5 Å². The molecule has 2 aliphatic carbocycles. The number of aliphatic carboxylic acids is 1. The molecule has 4 nitrogen and oxygen atoms in total. The summed E-state index contributed by atoms with van der Waals surface area (Å²) in [4.78, 5) is 11.3. The summed E-state index contributed by atoms with van der Waals surface area (Å²) in [6.45, 7) is 0. The van der Waals surface area contributed by atoms with E-state index in [0.717, 1.165) is 24.1 Å². The van der Waals surface area contributed by atoms with Crippen LogP contribution < -0.4 is 0 Å². The maximum atomic E-state index is 11.3. The molecule has 102 valence electrons. The Bertz CT molecular complexity index is 664. The molecule has 0 saturated heterocycles. The van der Waals surface area contributed by atoms with E-state index in [0.29, 0.717) is 5.92 Å². The summed E-state index contributed by atoms with van der Waals surface area (Å²) in [6.07, 6.45) is 5.81. The number of carboxylic acids is 1. The van der Waals surface area contributed by atoms with Crippen molar-refractivity contribution in [3.8, 4) is 5.69 Å². The monoisotopic (exact) mass is 268 g/mol. The quantitative estimate of drug-likeness (QED) is 0.927. The van der Waals surface area contributed by atoms with Gasteiger partial charge in [-0.3, -0.25) is 4.79 Å². The van der Waals surface area contributed by atoms with E-state index in [1.807, 2.05) is 35.1 Å². The number of hydrogen-bond acceptors (Lipinski definition) is 2. The lowest BCUT2D eigenvalue weighted by molar-refractivity contribution is -0.140. The van der Waals surface area contributed by atoms with Crippen molar-refractivity contribution >= 4 is 5.97 Å². The lowest BCUT2D eigenvalue weighted by Gasteiger charge is -2.12. The Balaban J connectivity index is 1.68. The largest absolute Gasteiger partial charge is 0.481 e. The molecule has 0 amide bonds. The number of carbonyl (C=O) groups is 1. The maximum absolute atomic E-state index is 11.3. The summed E-state index contributed by atoms with van der Waals surface area (Å²) < 4.78 is 1.97. The zero-order chi connectivity index (χ0) is 13.7. The van der Waals surface area contributed by atoms with Crippen LogP contribution in [-0.4, -0.2) is 20.9 Å². The second kappa shape index (κ2) is 3.95. The number of hydrogen-bond donors (Lipinski definition) is 1. The van der Waals surface area contributed by atoms with E-state index in [1.54, 1.807) is 0 Å². The topological polar surface area (TPSA) is 55.1 Å². The van der Waals surface area contributed by atoms with Gasteiger partial charge in [0.2, 0.25) is 0 Å². The van der Waals surface area contributed by atoms with E-state index in [9.17, 15) is 9.90 Å². The molecule has 0 radical (unpaired) electrons. The summed E-state index contributed by atoms with van der Waals surface area (Å²) >= 11 is 0. The molecule has 0 bridgehead atoms. The first kappa shape index (κ1) is 11.7. The highest BCUT2D eigenvalue weighted by atomic mass is 16.4. The maximum Gasteiger partial charge on any atom is 0.314 e. The van der Waals surface area contributed by atoms with E-state index in [2.05, 4.69) is 11.2 Å². The molecule has 0 spiro atoms. The second-order valence-corrected chi connectivity index (χ2v) is 5.88. The summed E-state index contributed by atoms with van der Waals surface area (Å²) in [6, 6.07) is 9.92. The standard InChI is InChI=1S/C16H16N2O2/c19-15(20)16(8-9-16)12-3-5-13(6-4-12)18-14(7-10-17-18)11-1-2-11/h3-7,10-11H,1-2,8-9H2,(H,19,20). The van der Waals surface area contributed by atoms with E-state index in [4.69, 9.17) is 0 Å². The Morgan fingerprint density at radius 3 is 2.45 bits per heavy atom. The minimum atomic E-state index is -0.706. The molecule has 2 aromatic rings. The molecule has 2 fully saturated rings. The van der Waals surface area contributed by atoms with Crippen LogP contribution in [0.5, 0.6) is 0 Å². The molecule has 2 aliphatic rings. The minimum absolute atomic E-state index is 0.623. The molecule has 4 heteroatoms. The van der Waals surface area contributed by atoms with Crippen LogP contribution in [0, 0.1) is 0 Å². The SMILES string of the molecule is O=C(O)C1(c2ccc(-n3nccc3C3CC3)cc2)CC1. The second-order valence-electron chi connectivity index (χ2n) is 5.88. The van der Waals surface area contributed by atoms with Gasteiger partial charge in [-0.15, -0.1) is 0 Å². The van der Waals surface area contributed by atoms with E-state index in [-0.39, 0.29) is 0 Å². The normalized spacial score (nSPS) is 19.8. The van der Waals surface area contributed by atoms with Crippen LogP contribution in [0.1, 0.15) is 42.9 Å². The van der Waals surface area contributed by atoms with Gasteiger partial charge in [-0.05, 0) is 49.4 Å². The van der Waals surface area contributed by atoms with Crippen LogP contribution in [0.3, 0.4) is 0 Å². The van der Waals surface area contributed by atoms with Crippen molar-refractivity contribution in [2.24, 2.45) is 0 Å². The van der Waals surface area contributed by atoms with Crippen molar-refractivity contribution in [1.29, 1.82) is 0 Å². The minimum Gasteiger partial charge on any atom is -0.481 e. The van der Waals surface area contributed by atoms with Crippen LogP contribution in [0.25, 0.3) is 5.69 Å². The molecular weight excluding hydrogens is 252 g/mol. The Kier molecular flexibility index (Phi) is 2.31. The highest BCUT2D eigenvalue weighted by molar-refractivity contribution is 5.84. The van der Waals surface area contributed by atoms with Crippen molar-refractivity contribution in [3.63, 3.8) is 0 Å². The van der Waals surface area contributed by atoms with Gasteiger partial charge in [-0.1, -0.05) is 12.1 Å². The number of benzene rings is 1. The van der Waals surface area contributed by atoms with Crippen molar-refractivity contribution < 1.29 is 9.90 Å². The zero-order valence-corrected chi connectivity index (χ0v) is 11.1. The van der Waals surface area contributed by atoms with Crippen LogP contribution in [0.2, 0.25) is 0 Å². The first-order chi connectivity index (χ1) is 9.71. The number of rotatable bonds is 4. The molecule has 1 aromatic carbocycles. The third-order valence-electron chi connectivity index (χ3n) is 4.49. The Morgan fingerprint density at radius 1 is 1.20 bits per heavy atom. The Morgan fingerprint density at radius 2 is 1.90 bits per heavy atom. The summed E-state index contributed by atoms with van der Waals surface area (Å²) in [7, 11) is 0. The van der Waals surface area contributed by atoms with Gasteiger partial charge in [0.05, 0.1) is 11.1 Å². The fourth-order valence-electron chi connectivity index (χ4n) is 2.89. The van der Waals surface area contributed by atoms with Crippen molar-refractivity contribution in [2.45, 2.75) is 37.0 Å². The van der Waals surface area contributed by atoms with Gasteiger partial charge >= 0.3 is 5.97 Å². The summed E-state index contributed by atoms with van der Waals surface area (Å²) in [5.74, 6) is -0.0611. The Labute approximate surface area is 117 Å². The third-order valence-corrected chi connectivity index (χ3v) is 4.49. The number of aromatic nitrogens is 2. The van der Waals surface area contributed by atoms with Gasteiger partial charge in [0.1, 0.15) is 0 Å². The molecule has 0 aliphatic heterocycles. The molecule has 1 aromatic heterocycles. The highest BCUT2D eigenvalue weighted by Gasteiger charge is 2.51. The van der Waals surface area contributed by atoms with E-state index < -0.39 is 11.4 Å². The van der Waals surface area contributed by atoms with E-state index in [1.165, 1.54) is 18.5 Å². The fraction of sp³-hybridized carbons (Fsp3) is 0.375. The first-order valence-electron chi connectivity index (χ1n) is 7.09. The van der Waals surface area contributed by atoms with Crippen molar-refractivity contribution in [3.05, 3.63) is 47.8 Å². The van der Waals surface area contributed by atoms with Gasteiger partial charge in [-0.25, -0.2) is 4.68 Å². The molecular formula is C16H16N2O2. The molecule has 1 N–H and O–H groups in total. The molecule has 0 unspecified atom stereocenters.